The Hall–Kier alpha value is -2.40. The van der Waals surface area contributed by atoms with E-state index in [2.05, 4.69) is 10.2 Å². The van der Waals surface area contributed by atoms with Gasteiger partial charge in [-0.2, -0.15) is 10.2 Å². The van der Waals surface area contributed by atoms with Gasteiger partial charge in [0.2, 0.25) is 0 Å². The predicted molar refractivity (Wildman–Crippen MR) is 89.1 cm³/mol. The quantitative estimate of drug-likeness (QED) is 0.788. The molecule has 2 aromatic heterocycles. The second-order valence-electron chi connectivity index (χ2n) is 5.64. The van der Waals surface area contributed by atoms with Crippen LogP contribution in [0.1, 0.15) is 36.4 Å². The fourth-order valence-corrected chi connectivity index (χ4v) is 3.01. The van der Waals surface area contributed by atoms with E-state index in [1.165, 1.54) is 0 Å². The van der Waals surface area contributed by atoms with E-state index in [1.807, 2.05) is 66.5 Å². The van der Waals surface area contributed by atoms with Crippen LogP contribution in [0.15, 0.2) is 48.8 Å². The number of nitrogens with zero attached hydrogens (tertiary/aromatic N) is 4. The maximum absolute atomic E-state index is 11.8. The monoisotopic (exact) mass is 310 g/mol. The lowest BCUT2D eigenvalue weighted by atomic mass is 9.86. The molecule has 5 nitrogen and oxygen atoms in total. The summed E-state index contributed by atoms with van der Waals surface area (Å²) in [5.74, 6) is 0. The topological polar surface area (TPSA) is 55.9 Å². The lowest BCUT2D eigenvalue weighted by Crippen LogP contribution is -2.34. The summed E-state index contributed by atoms with van der Waals surface area (Å²) in [6.45, 7) is 7.45. The zero-order valence-corrected chi connectivity index (χ0v) is 13.8. The van der Waals surface area contributed by atoms with Gasteiger partial charge in [-0.3, -0.25) is 9.36 Å². The number of hydrogen-bond donors (Lipinski definition) is 1. The van der Waals surface area contributed by atoms with Crippen molar-refractivity contribution >= 4 is 0 Å². The van der Waals surface area contributed by atoms with Crippen LogP contribution in [0.25, 0.3) is 0 Å². The summed E-state index contributed by atoms with van der Waals surface area (Å²) in [7, 11) is 0. The second kappa shape index (κ2) is 6.01. The van der Waals surface area contributed by atoms with E-state index in [0.717, 1.165) is 22.5 Å². The zero-order valence-electron chi connectivity index (χ0n) is 13.8. The van der Waals surface area contributed by atoms with Crippen LogP contribution >= 0.6 is 0 Å². The van der Waals surface area contributed by atoms with E-state index >= 15 is 0 Å². The third-order valence-corrected chi connectivity index (χ3v) is 4.24. The highest BCUT2D eigenvalue weighted by Crippen LogP contribution is 2.36. The summed E-state index contributed by atoms with van der Waals surface area (Å²) in [6, 6.07) is 11.7. The highest BCUT2D eigenvalue weighted by molar-refractivity contribution is 5.42. The third kappa shape index (κ3) is 2.47. The van der Waals surface area contributed by atoms with Crippen LogP contribution < -0.4 is 0 Å². The van der Waals surface area contributed by atoms with Crippen molar-refractivity contribution in [3.63, 3.8) is 0 Å². The van der Waals surface area contributed by atoms with Crippen LogP contribution in [0.3, 0.4) is 0 Å². The van der Waals surface area contributed by atoms with Gasteiger partial charge in [0.05, 0.1) is 11.4 Å². The molecular weight excluding hydrogens is 288 g/mol. The van der Waals surface area contributed by atoms with E-state index < -0.39 is 5.60 Å². The molecule has 0 aliphatic rings. The summed E-state index contributed by atoms with van der Waals surface area (Å²) >= 11 is 0. The van der Waals surface area contributed by atoms with E-state index in [9.17, 15) is 5.11 Å². The van der Waals surface area contributed by atoms with Gasteiger partial charge in [-0.15, -0.1) is 0 Å². The molecule has 0 saturated carbocycles. The molecular formula is C18H22N4O. The lowest BCUT2D eigenvalue weighted by Gasteiger charge is -2.30. The van der Waals surface area contributed by atoms with Crippen molar-refractivity contribution in [3.8, 4) is 0 Å². The molecule has 0 fully saturated rings. The number of benzene rings is 1. The number of aromatic nitrogens is 4. The Bertz CT molecular complexity index is 743. The van der Waals surface area contributed by atoms with E-state index in [0.29, 0.717) is 13.1 Å². The molecule has 0 unspecified atom stereocenters. The van der Waals surface area contributed by atoms with E-state index in [-0.39, 0.29) is 0 Å². The highest BCUT2D eigenvalue weighted by Gasteiger charge is 2.39. The molecule has 5 heteroatoms. The van der Waals surface area contributed by atoms with Crippen molar-refractivity contribution in [2.24, 2.45) is 0 Å². The number of aryl methyl sites for hydroxylation is 3. The van der Waals surface area contributed by atoms with Crippen LogP contribution in [0.5, 0.6) is 0 Å². The Morgan fingerprint density at radius 3 is 1.78 bits per heavy atom. The molecule has 0 bridgehead atoms. The minimum absolute atomic E-state index is 0.691. The van der Waals surface area contributed by atoms with Gasteiger partial charge in [-0.25, -0.2) is 0 Å². The fourth-order valence-electron chi connectivity index (χ4n) is 3.01. The summed E-state index contributed by atoms with van der Waals surface area (Å²) in [5, 5.41) is 20.5. The first-order valence-electron chi connectivity index (χ1n) is 7.95. The Morgan fingerprint density at radius 2 is 1.35 bits per heavy atom. The lowest BCUT2D eigenvalue weighted by molar-refractivity contribution is 0.104. The van der Waals surface area contributed by atoms with Gasteiger partial charge in [-0.1, -0.05) is 29.8 Å². The van der Waals surface area contributed by atoms with E-state index in [4.69, 9.17) is 0 Å². The molecule has 0 aliphatic heterocycles. The summed E-state index contributed by atoms with van der Waals surface area (Å²) in [4.78, 5) is 0. The van der Waals surface area contributed by atoms with Gasteiger partial charge in [0, 0.05) is 25.5 Å². The number of hydrogen-bond acceptors (Lipinski definition) is 3. The van der Waals surface area contributed by atoms with Crippen LogP contribution in [-0.4, -0.2) is 24.7 Å². The zero-order chi connectivity index (χ0) is 16.4. The molecule has 23 heavy (non-hydrogen) atoms. The Labute approximate surface area is 136 Å². The minimum Gasteiger partial charge on any atom is -0.373 e. The van der Waals surface area contributed by atoms with E-state index in [1.54, 1.807) is 12.4 Å². The molecule has 1 aromatic carbocycles. The fraction of sp³-hybridized carbons (Fsp3) is 0.333. The van der Waals surface area contributed by atoms with Gasteiger partial charge in [0.1, 0.15) is 0 Å². The van der Waals surface area contributed by atoms with Crippen molar-refractivity contribution in [2.75, 3.05) is 0 Å². The third-order valence-electron chi connectivity index (χ3n) is 4.24. The first-order valence-corrected chi connectivity index (χ1v) is 7.95. The Kier molecular flexibility index (Phi) is 4.05. The molecule has 2 heterocycles. The first-order chi connectivity index (χ1) is 11.1. The normalized spacial score (nSPS) is 11.8. The Balaban J connectivity index is 2.27. The molecule has 120 valence electrons. The largest absolute Gasteiger partial charge is 0.373 e. The average Bonchev–Trinajstić information content (AvgIpc) is 3.23. The van der Waals surface area contributed by atoms with Crippen LogP contribution in [0.2, 0.25) is 0 Å². The maximum atomic E-state index is 11.8. The van der Waals surface area contributed by atoms with Crippen LogP contribution in [0, 0.1) is 6.92 Å². The first kappa shape index (κ1) is 15.5. The maximum Gasteiger partial charge on any atom is 0.173 e. The molecule has 3 aromatic rings. The average molecular weight is 310 g/mol. The molecule has 0 radical (unpaired) electrons. The van der Waals surface area contributed by atoms with Crippen molar-refractivity contribution < 1.29 is 5.11 Å². The van der Waals surface area contributed by atoms with Crippen LogP contribution in [0.4, 0.5) is 0 Å². The second-order valence-corrected chi connectivity index (χ2v) is 5.64. The van der Waals surface area contributed by atoms with Gasteiger partial charge in [-0.05, 0) is 38.5 Å². The van der Waals surface area contributed by atoms with Crippen molar-refractivity contribution in [1.29, 1.82) is 0 Å². The standard InChI is InChI=1S/C18H22N4O/c1-4-21-16(10-12-19-21)18(23,15-8-6-14(3)7-9-15)17-11-13-20-22(17)5-2/h6-13,23H,4-5H2,1-3H3. The van der Waals surface area contributed by atoms with Gasteiger partial charge in [0.25, 0.3) is 0 Å². The van der Waals surface area contributed by atoms with Crippen molar-refractivity contribution in [3.05, 3.63) is 71.3 Å². The van der Waals surface area contributed by atoms with Crippen molar-refractivity contribution in [2.45, 2.75) is 39.5 Å². The number of aliphatic hydroxyl groups is 1. The van der Waals surface area contributed by atoms with Gasteiger partial charge < -0.3 is 5.11 Å². The smallest absolute Gasteiger partial charge is 0.173 e. The molecule has 0 saturated heterocycles. The predicted octanol–water partition coefficient (Wildman–Crippen LogP) is 2.71. The summed E-state index contributed by atoms with van der Waals surface area (Å²) < 4.78 is 3.65. The van der Waals surface area contributed by atoms with Gasteiger partial charge >= 0.3 is 0 Å². The Morgan fingerprint density at radius 1 is 0.870 bits per heavy atom. The summed E-state index contributed by atoms with van der Waals surface area (Å²) in [6.07, 6.45) is 3.45. The molecule has 0 atom stereocenters. The molecule has 0 aliphatic carbocycles. The van der Waals surface area contributed by atoms with Gasteiger partial charge in [0.15, 0.2) is 5.60 Å². The minimum atomic E-state index is -1.28. The summed E-state index contributed by atoms with van der Waals surface area (Å²) in [5.41, 5.74) is 2.18. The molecule has 0 amide bonds. The molecule has 1 N–H and O–H groups in total. The van der Waals surface area contributed by atoms with Crippen molar-refractivity contribution in [1.82, 2.24) is 19.6 Å². The molecule has 0 spiro atoms. The highest BCUT2D eigenvalue weighted by atomic mass is 16.3. The SMILES string of the molecule is CCn1nccc1C(O)(c1ccc(C)cc1)c1ccnn1CC. The number of rotatable bonds is 5. The van der Waals surface area contributed by atoms with Crippen LogP contribution in [-0.2, 0) is 18.7 Å². The molecule has 3 rings (SSSR count).